The summed E-state index contributed by atoms with van der Waals surface area (Å²) in [5.41, 5.74) is 0. The minimum absolute atomic E-state index is 0. The molecule has 0 N–H and O–H groups in total. The fourth-order valence-corrected chi connectivity index (χ4v) is 0.202. The molecule has 0 rings (SSSR count). The maximum Gasteiger partial charge on any atom is 0.310 e. The molecule has 4 heteroatoms. The van der Waals surface area contributed by atoms with Crippen LogP contribution in [0.3, 0.4) is 0 Å². The normalized spacial score (nSPS) is 6.75. The summed E-state index contributed by atoms with van der Waals surface area (Å²) in [6, 6.07) is 0. The van der Waals surface area contributed by atoms with Crippen molar-refractivity contribution in [2.75, 3.05) is 0 Å². The number of hydrogen-bond donors (Lipinski definition) is 0. The Balaban J connectivity index is 0. The van der Waals surface area contributed by atoms with Gasteiger partial charge in [-0.3, -0.25) is 9.59 Å². The molecule has 1 radical (unpaired) electrons. The van der Waals surface area contributed by atoms with Crippen molar-refractivity contribution in [3.63, 3.8) is 0 Å². The monoisotopic (exact) mass is 141 g/mol. The Labute approximate surface area is 90.2 Å². The van der Waals surface area contributed by atoms with E-state index < -0.39 is 11.9 Å². The van der Waals surface area contributed by atoms with Gasteiger partial charge in [-0.15, -0.1) is 0 Å². The summed E-state index contributed by atoms with van der Waals surface area (Å²) < 4.78 is 3.97. The fraction of sp³-hybridized carbons (Fsp3) is 0.500. The average Bonchev–Trinajstić information content (AvgIpc) is 1.27. The summed E-state index contributed by atoms with van der Waals surface area (Å²) in [4.78, 5) is 19.6. The van der Waals surface area contributed by atoms with E-state index in [9.17, 15) is 9.59 Å². The fourth-order valence-electron chi connectivity index (χ4n) is 0.202. The van der Waals surface area contributed by atoms with Crippen molar-refractivity contribution in [3.8, 4) is 0 Å². The van der Waals surface area contributed by atoms with Gasteiger partial charge in [0.2, 0.25) is 0 Å². The van der Waals surface area contributed by atoms with Crippen molar-refractivity contribution in [2.24, 2.45) is 0 Å². The van der Waals surface area contributed by atoms with Gasteiger partial charge in [0, 0.05) is 65.2 Å². The molecule has 0 amide bonds. The van der Waals surface area contributed by atoms with Gasteiger partial charge < -0.3 is 4.74 Å². The van der Waals surface area contributed by atoms with Gasteiger partial charge in [-0.1, -0.05) is 0 Å². The number of hydrogen-bond acceptors (Lipinski definition) is 3. The van der Waals surface area contributed by atoms with E-state index in [1.807, 2.05) is 0 Å². The molecule has 0 fully saturated rings. The third kappa shape index (κ3) is 9.91. The van der Waals surface area contributed by atoms with Crippen LogP contribution < -0.4 is 0 Å². The molecule has 3 nitrogen and oxygen atoms in total. The van der Waals surface area contributed by atoms with E-state index >= 15 is 0 Å². The second-order valence-electron chi connectivity index (χ2n) is 1.09. The number of carbonyl (C=O) groups is 2. The number of rotatable bonds is 0. The van der Waals surface area contributed by atoms with Crippen molar-refractivity contribution >= 4 is 63.3 Å². The third-order valence-electron chi connectivity index (χ3n) is 0.287. The summed E-state index contributed by atoms with van der Waals surface area (Å²) in [5.74, 6) is -1.12. The summed E-state index contributed by atoms with van der Waals surface area (Å²) in [5, 5.41) is 0. The van der Waals surface area contributed by atoms with E-state index in [1.54, 1.807) is 0 Å². The molecular formula is C4H6KO3. The van der Waals surface area contributed by atoms with Crippen LogP contribution in [-0.4, -0.2) is 63.3 Å². The smallest absolute Gasteiger partial charge is 0.310 e. The van der Waals surface area contributed by atoms with E-state index in [0.29, 0.717) is 0 Å². The van der Waals surface area contributed by atoms with Crippen LogP contribution in [0.25, 0.3) is 0 Å². The van der Waals surface area contributed by atoms with Gasteiger partial charge in [-0.05, 0) is 0 Å². The van der Waals surface area contributed by atoms with Crippen LogP contribution in [0.4, 0.5) is 0 Å². The Kier molecular flexibility index (Phi) is 8.53. The average molecular weight is 141 g/mol. The predicted molar refractivity (Wildman–Crippen MR) is 28.2 cm³/mol. The zero-order valence-electron chi connectivity index (χ0n) is 5.22. The number of carbonyl (C=O) groups excluding carboxylic acids is 2. The molecule has 0 aliphatic carbocycles. The van der Waals surface area contributed by atoms with Gasteiger partial charge in [0.25, 0.3) is 0 Å². The quantitative estimate of drug-likeness (QED) is 0.264. The predicted octanol–water partition coefficient (Wildman–Crippen LogP) is -0.285. The van der Waals surface area contributed by atoms with Crippen molar-refractivity contribution < 1.29 is 14.3 Å². The first kappa shape index (κ1) is 11.6. The Bertz CT molecular complexity index is 87.5. The van der Waals surface area contributed by atoms with Gasteiger partial charge in [0.1, 0.15) is 0 Å². The summed E-state index contributed by atoms with van der Waals surface area (Å²) >= 11 is 0. The number of esters is 2. The first-order valence-corrected chi connectivity index (χ1v) is 1.82. The molecule has 0 aromatic carbocycles. The first-order valence-electron chi connectivity index (χ1n) is 1.82. The first-order chi connectivity index (χ1) is 3.13. The minimum Gasteiger partial charge on any atom is -0.394 e. The van der Waals surface area contributed by atoms with Crippen LogP contribution in [0.15, 0.2) is 0 Å². The molecule has 0 aromatic rings. The number of ether oxygens (including phenoxy) is 1. The summed E-state index contributed by atoms with van der Waals surface area (Å²) in [6.07, 6.45) is 0. The van der Waals surface area contributed by atoms with Crippen molar-refractivity contribution in [1.29, 1.82) is 0 Å². The molecule has 0 saturated carbocycles. The van der Waals surface area contributed by atoms with Gasteiger partial charge >= 0.3 is 11.9 Å². The van der Waals surface area contributed by atoms with Crippen LogP contribution >= 0.6 is 0 Å². The Morgan fingerprint density at radius 3 is 1.38 bits per heavy atom. The maximum absolute atomic E-state index is 9.81. The van der Waals surface area contributed by atoms with Crippen molar-refractivity contribution in [2.45, 2.75) is 13.8 Å². The Morgan fingerprint density at radius 1 is 1.12 bits per heavy atom. The van der Waals surface area contributed by atoms with Gasteiger partial charge in [0.05, 0.1) is 0 Å². The second kappa shape index (κ2) is 5.90. The van der Waals surface area contributed by atoms with Crippen LogP contribution in [0.1, 0.15) is 13.8 Å². The van der Waals surface area contributed by atoms with E-state index in [2.05, 4.69) is 4.74 Å². The van der Waals surface area contributed by atoms with Gasteiger partial charge in [0.15, 0.2) is 0 Å². The topological polar surface area (TPSA) is 43.4 Å². The van der Waals surface area contributed by atoms with Crippen LogP contribution in [0.5, 0.6) is 0 Å². The molecular weight excluding hydrogens is 135 g/mol. The standard InChI is InChI=1S/C4H6O3.K/c1-3(5)7-4(2)6;/h1-2H3;. The molecule has 0 unspecified atom stereocenters. The van der Waals surface area contributed by atoms with E-state index in [1.165, 1.54) is 13.8 Å². The third-order valence-corrected chi connectivity index (χ3v) is 0.287. The zero-order valence-corrected chi connectivity index (χ0v) is 8.35. The summed E-state index contributed by atoms with van der Waals surface area (Å²) in [7, 11) is 0. The van der Waals surface area contributed by atoms with Crippen LogP contribution in [-0.2, 0) is 14.3 Å². The minimum atomic E-state index is -0.562. The van der Waals surface area contributed by atoms with Gasteiger partial charge in [-0.2, -0.15) is 0 Å². The van der Waals surface area contributed by atoms with E-state index in [-0.39, 0.29) is 51.4 Å². The SMILES string of the molecule is CC(=O)OC(C)=O.[K]. The van der Waals surface area contributed by atoms with E-state index in [0.717, 1.165) is 0 Å². The van der Waals surface area contributed by atoms with Crippen LogP contribution in [0.2, 0.25) is 0 Å². The molecule has 0 spiro atoms. The zero-order chi connectivity index (χ0) is 5.86. The van der Waals surface area contributed by atoms with E-state index in [4.69, 9.17) is 0 Å². The second-order valence-corrected chi connectivity index (χ2v) is 1.09. The largest absolute Gasteiger partial charge is 0.394 e. The molecule has 41 valence electrons. The van der Waals surface area contributed by atoms with Crippen molar-refractivity contribution in [1.82, 2.24) is 0 Å². The molecule has 0 atom stereocenters. The molecule has 0 saturated heterocycles. The van der Waals surface area contributed by atoms with Crippen LogP contribution in [0, 0.1) is 0 Å². The van der Waals surface area contributed by atoms with Gasteiger partial charge in [-0.25, -0.2) is 0 Å². The molecule has 8 heavy (non-hydrogen) atoms. The maximum atomic E-state index is 9.81. The molecule has 0 heterocycles. The molecule has 0 aliphatic heterocycles. The molecule has 0 aromatic heterocycles. The Morgan fingerprint density at radius 2 is 1.38 bits per heavy atom. The molecule has 0 aliphatic rings. The summed E-state index contributed by atoms with van der Waals surface area (Å²) in [6.45, 7) is 2.36. The van der Waals surface area contributed by atoms with Crippen molar-refractivity contribution in [3.05, 3.63) is 0 Å². The Hall–Kier alpha value is 0.776. The molecule has 0 bridgehead atoms.